The van der Waals surface area contributed by atoms with Gasteiger partial charge in [0.2, 0.25) is 0 Å². The number of piperidine rings is 1. The highest BCUT2D eigenvalue weighted by Gasteiger charge is 2.29. The Morgan fingerprint density at radius 1 is 1.30 bits per heavy atom. The summed E-state index contributed by atoms with van der Waals surface area (Å²) in [4.78, 5) is 25.9. The zero-order valence-corrected chi connectivity index (χ0v) is 15.1. The number of ether oxygens (including phenoxy) is 1. The van der Waals surface area contributed by atoms with Gasteiger partial charge in [-0.1, -0.05) is 28.1 Å². The molecular formula is C18H22BrNO3. The van der Waals surface area contributed by atoms with Crippen molar-refractivity contribution in [1.29, 1.82) is 0 Å². The molecule has 1 aliphatic heterocycles. The molecular weight excluding hydrogens is 358 g/mol. The standard InChI is InChI=1S/C18H22BrNO3/c1-13-5-3-6-14(2)20(13)17(21)12-23-18(22)10-9-15-7-4-8-16(19)11-15/h4,7-11,13-14H,3,5-6,12H2,1-2H3/b10-9+/t13-,14+. The predicted octanol–water partition coefficient (Wildman–Crippen LogP) is 3.80. The van der Waals surface area contributed by atoms with Crippen molar-refractivity contribution in [3.05, 3.63) is 40.4 Å². The molecule has 1 saturated heterocycles. The van der Waals surface area contributed by atoms with Crippen molar-refractivity contribution >= 4 is 33.9 Å². The lowest BCUT2D eigenvalue weighted by Gasteiger charge is -2.38. The van der Waals surface area contributed by atoms with E-state index in [2.05, 4.69) is 15.9 Å². The van der Waals surface area contributed by atoms with E-state index in [0.29, 0.717) is 0 Å². The van der Waals surface area contributed by atoms with Crippen molar-refractivity contribution in [1.82, 2.24) is 4.90 Å². The average molecular weight is 380 g/mol. The molecule has 23 heavy (non-hydrogen) atoms. The molecule has 124 valence electrons. The van der Waals surface area contributed by atoms with Crippen molar-refractivity contribution in [3.8, 4) is 0 Å². The molecule has 1 aromatic carbocycles. The van der Waals surface area contributed by atoms with Crippen LogP contribution in [0.3, 0.4) is 0 Å². The Hall–Kier alpha value is -1.62. The van der Waals surface area contributed by atoms with E-state index in [1.54, 1.807) is 6.08 Å². The molecule has 1 amide bonds. The van der Waals surface area contributed by atoms with E-state index in [0.717, 1.165) is 29.3 Å². The quantitative estimate of drug-likeness (QED) is 0.590. The molecule has 2 rings (SSSR count). The van der Waals surface area contributed by atoms with Crippen molar-refractivity contribution in [2.75, 3.05) is 6.61 Å². The molecule has 1 aromatic rings. The van der Waals surface area contributed by atoms with E-state index in [1.165, 1.54) is 6.08 Å². The third-order valence-corrected chi connectivity index (χ3v) is 4.57. The number of hydrogen-bond donors (Lipinski definition) is 0. The third kappa shape index (κ3) is 5.20. The minimum atomic E-state index is -0.504. The fraction of sp³-hybridized carbons (Fsp3) is 0.444. The lowest BCUT2D eigenvalue weighted by molar-refractivity contribution is -0.151. The first kappa shape index (κ1) is 17.7. The Bertz CT molecular complexity index is 590. The maximum absolute atomic E-state index is 12.3. The molecule has 4 nitrogen and oxygen atoms in total. The molecule has 0 aromatic heterocycles. The molecule has 0 radical (unpaired) electrons. The van der Waals surface area contributed by atoms with Crippen LogP contribution < -0.4 is 0 Å². The Morgan fingerprint density at radius 2 is 2.00 bits per heavy atom. The summed E-state index contributed by atoms with van der Waals surface area (Å²) in [5, 5.41) is 0. The van der Waals surface area contributed by atoms with E-state index in [9.17, 15) is 9.59 Å². The van der Waals surface area contributed by atoms with Gasteiger partial charge in [-0.05, 0) is 56.9 Å². The highest BCUT2D eigenvalue weighted by molar-refractivity contribution is 9.10. The summed E-state index contributed by atoms with van der Waals surface area (Å²) >= 11 is 3.37. The highest BCUT2D eigenvalue weighted by Crippen LogP contribution is 2.22. The summed E-state index contributed by atoms with van der Waals surface area (Å²) in [6.45, 7) is 3.89. The molecule has 2 atom stereocenters. The summed E-state index contributed by atoms with van der Waals surface area (Å²) in [6, 6.07) is 8.00. The topological polar surface area (TPSA) is 46.6 Å². The molecule has 0 unspecified atom stereocenters. The lowest BCUT2D eigenvalue weighted by Crippen LogP contribution is -2.49. The number of nitrogens with zero attached hydrogens (tertiary/aromatic N) is 1. The van der Waals surface area contributed by atoms with Gasteiger partial charge in [0.25, 0.3) is 5.91 Å². The van der Waals surface area contributed by atoms with Gasteiger partial charge in [0.15, 0.2) is 6.61 Å². The normalized spacial score (nSPS) is 21.4. The second kappa shape index (κ2) is 8.29. The monoisotopic (exact) mass is 379 g/mol. The maximum Gasteiger partial charge on any atom is 0.331 e. The molecule has 0 spiro atoms. The first-order valence-corrected chi connectivity index (χ1v) is 8.68. The second-order valence-corrected chi connectivity index (χ2v) is 6.84. The van der Waals surface area contributed by atoms with Crippen LogP contribution in [0.4, 0.5) is 0 Å². The van der Waals surface area contributed by atoms with Crippen LogP contribution in [0.1, 0.15) is 38.7 Å². The van der Waals surface area contributed by atoms with E-state index in [1.807, 2.05) is 43.0 Å². The molecule has 0 N–H and O–H groups in total. The van der Waals surface area contributed by atoms with Gasteiger partial charge in [-0.25, -0.2) is 4.79 Å². The predicted molar refractivity (Wildman–Crippen MR) is 93.8 cm³/mol. The van der Waals surface area contributed by atoms with Gasteiger partial charge in [-0.3, -0.25) is 4.79 Å². The number of carbonyl (C=O) groups excluding carboxylic acids is 2. The number of hydrogen-bond acceptors (Lipinski definition) is 3. The van der Waals surface area contributed by atoms with Crippen molar-refractivity contribution in [2.45, 2.75) is 45.2 Å². The Morgan fingerprint density at radius 3 is 2.65 bits per heavy atom. The van der Waals surface area contributed by atoms with E-state index in [4.69, 9.17) is 4.74 Å². The fourth-order valence-electron chi connectivity index (χ4n) is 2.94. The first-order valence-electron chi connectivity index (χ1n) is 7.89. The minimum Gasteiger partial charge on any atom is -0.452 e. The molecule has 0 bridgehead atoms. The van der Waals surface area contributed by atoms with Crippen LogP contribution in [0, 0.1) is 0 Å². The van der Waals surface area contributed by atoms with Crippen molar-refractivity contribution < 1.29 is 14.3 Å². The smallest absolute Gasteiger partial charge is 0.331 e. The number of benzene rings is 1. The Balaban J connectivity index is 1.85. The van der Waals surface area contributed by atoms with Crippen molar-refractivity contribution in [3.63, 3.8) is 0 Å². The van der Waals surface area contributed by atoms with Gasteiger partial charge in [0.1, 0.15) is 0 Å². The molecule has 1 heterocycles. The van der Waals surface area contributed by atoms with Gasteiger partial charge < -0.3 is 9.64 Å². The SMILES string of the molecule is C[C@@H]1CCC[C@H](C)N1C(=O)COC(=O)/C=C/c1cccc(Br)c1. The van der Waals surface area contributed by atoms with E-state index < -0.39 is 5.97 Å². The minimum absolute atomic E-state index is 0.117. The highest BCUT2D eigenvalue weighted by atomic mass is 79.9. The fourth-order valence-corrected chi connectivity index (χ4v) is 3.36. The van der Waals surface area contributed by atoms with Crippen LogP contribution in [-0.2, 0) is 14.3 Å². The van der Waals surface area contributed by atoms with Crippen LogP contribution in [-0.4, -0.2) is 35.5 Å². The molecule has 1 fully saturated rings. The third-order valence-electron chi connectivity index (χ3n) is 4.08. The maximum atomic E-state index is 12.3. The molecule has 0 saturated carbocycles. The van der Waals surface area contributed by atoms with E-state index >= 15 is 0 Å². The van der Waals surface area contributed by atoms with Gasteiger partial charge in [0, 0.05) is 22.6 Å². The summed E-state index contributed by atoms with van der Waals surface area (Å²) in [7, 11) is 0. The number of rotatable bonds is 4. The molecule has 5 heteroatoms. The molecule has 1 aliphatic rings. The van der Waals surface area contributed by atoms with Gasteiger partial charge in [-0.2, -0.15) is 0 Å². The van der Waals surface area contributed by atoms with Gasteiger partial charge >= 0.3 is 5.97 Å². The van der Waals surface area contributed by atoms with Crippen LogP contribution in [0.5, 0.6) is 0 Å². The second-order valence-electron chi connectivity index (χ2n) is 5.93. The average Bonchev–Trinajstić information content (AvgIpc) is 2.51. The largest absolute Gasteiger partial charge is 0.452 e. The number of halogens is 1. The van der Waals surface area contributed by atoms with Gasteiger partial charge in [-0.15, -0.1) is 0 Å². The molecule has 0 aliphatic carbocycles. The Kier molecular flexibility index (Phi) is 6.39. The Labute approximate surface area is 145 Å². The zero-order valence-electron chi connectivity index (χ0n) is 13.5. The summed E-state index contributed by atoms with van der Waals surface area (Å²) in [5.41, 5.74) is 0.890. The van der Waals surface area contributed by atoms with Gasteiger partial charge in [0.05, 0.1) is 0 Å². The first-order chi connectivity index (χ1) is 11.0. The number of amides is 1. The van der Waals surface area contributed by atoms with Crippen LogP contribution in [0.25, 0.3) is 6.08 Å². The number of carbonyl (C=O) groups is 2. The summed E-state index contributed by atoms with van der Waals surface area (Å²) in [6.07, 6.45) is 6.17. The number of likely N-dealkylation sites (tertiary alicyclic amines) is 1. The van der Waals surface area contributed by atoms with Crippen LogP contribution >= 0.6 is 15.9 Å². The van der Waals surface area contributed by atoms with Crippen LogP contribution in [0.2, 0.25) is 0 Å². The number of esters is 1. The zero-order chi connectivity index (χ0) is 16.8. The summed E-state index contributed by atoms with van der Waals surface area (Å²) in [5.74, 6) is -0.621. The van der Waals surface area contributed by atoms with Crippen molar-refractivity contribution in [2.24, 2.45) is 0 Å². The van der Waals surface area contributed by atoms with E-state index in [-0.39, 0.29) is 24.6 Å². The lowest BCUT2D eigenvalue weighted by atomic mass is 9.97. The van der Waals surface area contributed by atoms with Crippen LogP contribution in [0.15, 0.2) is 34.8 Å². The summed E-state index contributed by atoms with van der Waals surface area (Å²) < 4.78 is 6.02.